The lowest BCUT2D eigenvalue weighted by atomic mass is 9.85. The molecule has 0 fully saturated rings. The minimum atomic E-state index is -0.347. The van der Waals surface area contributed by atoms with E-state index in [9.17, 15) is 4.79 Å². The molecule has 0 aliphatic carbocycles. The van der Waals surface area contributed by atoms with Gasteiger partial charge in [0.1, 0.15) is 5.78 Å². The van der Waals surface area contributed by atoms with Crippen LogP contribution in [0.3, 0.4) is 0 Å². The largest absolute Gasteiger partial charge is 0.308 e. The zero-order valence-corrected chi connectivity index (χ0v) is 7.49. The molecule has 0 aliphatic rings. The number of hydrogen-bond acceptors (Lipinski definition) is 2. The normalized spacial score (nSPS) is 17.0. The molecule has 10 heavy (non-hydrogen) atoms. The molecular weight excluding hydrogens is 126 g/mol. The summed E-state index contributed by atoms with van der Waals surface area (Å²) in [4.78, 5) is 11.1. The number of hydrogen-bond donors (Lipinski definition) is 1. The van der Waals surface area contributed by atoms with Crippen molar-refractivity contribution in [3.63, 3.8) is 0 Å². The molecule has 0 spiro atoms. The third-order valence-corrected chi connectivity index (χ3v) is 2.41. The minimum Gasteiger partial charge on any atom is -0.308 e. The monoisotopic (exact) mass is 143 g/mol. The van der Waals surface area contributed by atoms with E-state index in [2.05, 4.69) is 5.32 Å². The Hall–Kier alpha value is -0.370. The van der Waals surface area contributed by atoms with Gasteiger partial charge in [-0.25, -0.2) is 0 Å². The lowest BCUT2D eigenvalue weighted by molar-refractivity contribution is -0.124. The van der Waals surface area contributed by atoms with Gasteiger partial charge < -0.3 is 5.32 Å². The Morgan fingerprint density at radius 1 is 1.50 bits per heavy atom. The molecule has 0 aromatic rings. The number of ketones is 1. The average molecular weight is 143 g/mol. The Labute approximate surface area is 63.0 Å². The van der Waals surface area contributed by atoms with Gasteiger partial charge in [0.05, 0.1) is 5.54 Å². The predicted molar refractivity (Wildman–Crippen MR) is 43.0 cm³/mol. The first-order chi connectivity index (χ1) is 4.45. The van der Waals surface area contributed by atoms with Gasteiger partial charge in [-0.3, -0.25) is 4.79 Å². The highest BCUT2D eigenvalue weighted by Crippen LogP contribution is 2.16. The summed E-state index contributed by atoms with van der Waals surface area (Å²) in [6, 6.07) is 0. The van der Waals surface area contributed by atoms with Crippen LogP contribution in [0.1, 0.15) is 27.7 Å². The van der Waals surface area contributed by atoms with Crippen molar-refractivity contribution >= 4 is 5.78 Å². The maximum Gasteiger partial charge on any atom is 0.149 e. The van der Waals surface area contributed by atoms with Crippen molar-refractivity contribution in [3.8, 4) is 0 Å². The first-order valence-corrected chi connectivity index (χ1v) is 3.65. The van der Waals surface area contributed by atoms with Crippen molar-refractivity contribution < 1.29 is 4.79 Å². The fraction of sp³-hybridized carbons (Fsp3) is 0.875. The van der Waals surface area contributed by atoms with Gasteiger partial charge in [0.15, 0.2) is 0 Å². The molecule has 0 heterocycles. The van der Waals surface area contributed by atoms with Crippen LogP contribution in [0.2, 0.25) is 0 Å². The molecule has 0 bridgehead atoms. The number of Topliss-reactive ketones (excluding diaryl/α,β-unsaturated/α-hetero) is 1. The van der Waals surface area contributed by atoms with Crippen LogP contribution in [-0.2, 0) is 4.79 Å². The van der Waals surface area contributed by atoms with Crippen LogP contribution < -0.4 is 5.32 Å². The Kier molecular flexibility index (Phi) is 3.03. The summed E-state index contributed by atoms with van der Waals surface area (Å²) >= 11 is 0. The fourth-order valence-corrected chi connectivity index (χ4v) is 0.871. The molecule has 0 saturated carbocycles. The van der Waals surface area contributed by atoms with Gasteiger partial charge in [0, 0.05) is 0 Å². The second-order valence-corrected chi connectivity index (χ2v) is 3.16. The number of likely N-dealkylation sites (N-methyl/N-ethyl adjacent to an activating group) is 1. The smallest absolute Gasteiger partial charge is 0.149 e. The second-order valence-electron chi connectivity index (χ2n) is 3.16. The van der Waals surface area contributed by atoms with Crippen LogP contribution in [0.5, 0.6) is 0 Å². The van der Waals surface area contributed by atoms with E-state index >= 15 is 0 Å². The predicted octanol–water partition coefficient (Wildman–Crippen LogP) is 1.21. The van der Waals surface area contributed by atoms with Crippen LogP contribution in [0, 0.1) is 5.92 Å². The third kappa shape index (κ3) is 1.57. The highest BCUT2D eigenvalue weighted by Gasteiger charge is 2.30. The third-order valence-electron chi connectivity index (χ3n) is 2.41. The van der Waals surface area contributed by atoms with E-state index in [1.807, 2.05) is 27.8 Å². The molecule has 1 unspecified atom stereocenters. The molecule has 0 radical (unpaired) electrons. The maximum atomic E-state index is 11.1. The Morgan fingerprint density at radius 3 is 1.90 bits per heavy atom. The molecule has 0 aromatic heterocycles. The molecule has 2 nitrogen and oxygen atoms in total. The molecule has 60 valence electrons. The molecule has 1 atom stereocenters. The van der Waals surface area contributed by atoms with Gasteiger partial charge in [0.2, 0.25) is 0 Å². The lowest BCUT2D eigenvalue weighted by Gasteiger charge is -2.30. The van der Waals surface area contributed by atoms with Crippen molar-refractivity contribution in [1.82, 2.24) is 5.32 Å². The summed E-state index contributed by atoms with van der Waals surface area (Å²) in [6.07, 6.45) is 0. The van der Waals surface area contributed by atoms with Crippen LogP contribution in [0.4, 0.5) is 0 Å². The first-order valence-electron chi connectivity index (χ1n) is 3.65. The molecule has 0 aromatic carbocycles. The molecule has 1 N–H and O–H groups in total. The minimum absolute atomic E-state index is 0.199. The van der Waals surface area contributed by atoms with Gasteiger partial charge in [-0.15, -0.1) is 0 Å². The van der Waals surface area contributed by atoms with Gasteiger partial charge in [0.25, 0.3) is 0 Å². The number of carbonyl (C=O) groups excluding carboxylic acids is 1. The summed E-state index contributed by atoms with van der Waals surface area (Å²) in [7, 11) is 1.82. The van der Waals surface area contributed by atoms with Gasteiger partial charge in [-0.05, 0) is 26.8 Å². The van der Waals surface area contributed by atoms with Crippen molar-refractivity contribution in [2.75, 3.05) is 7.05 Å². The SMILES string of the molecule is CNC(C)(C(C)=O)C(C)C. The molecule has 0 aliphatic heterocycles. The first kappa shape index (κ1) is 9.63. The number of nitrogens with one attached hydrogen (secondary N) is 1. The zero-order chi connectivity index (χ0) is 8.36. The van der Waals surface area contributed by atoms with Crippen molar-refractivity contribution in [2.24, 2.45) is 5.92 Å². The van der Waals surface area contributed by atoms with Crippen molar-refractivity contribution in [2.45, 2.75) is 33.2 Å². The van der Waals surface area contributed by atoms with Crippen molar-refractivity contribution in [1.29, 1.82) is 0 Å². The van der Waals surface area contributed by atoms with E-state index in [-0.39, 0.29) is 11.3 Å². The van der Waals surface area contributed by atoms with Crippen molar-refractivity contribution in [3.05, 3.63) is 0 Å². The lowest BCUT2D eigenvalue weighted by Crippen LogP contribution is -2.50. The van der Waals surface area contributed by atoms with E-state index in [1.54, 1.807) is 6.92 Å². The van der Waals surface area contributed by atoms with E-state index < -0.39 is 0 Å². The molecule has 2 heteroatoms. The van der Waals surface area contributed by atoms with E-state index in [0.29, 0.717) is 5.92 Å². The van der Waals surface area contributed by atoms with E-state index in [0.717, 1.165) is 0 Å². The molecule has 0 rings (SSSR count). The standard InChI is InChI=1S/C8H17NO/c1-6(2)8(4,9-5)7(3)10/h6,9H,1-5H3. The Balaban J connectivity index is 4.38. The Bertz CT molecular complexity index is 131. The quantitative estimate of drug-likeness (QED) is 0.643. The summed E-state index contributed by atoms with van der Waals surface area (Å²) < 4.78 is 0. The second kappa shape index (κ2) is 3.15. The highest BCUT2D eigenvalue weighted by molar-refractivity contribution is 5.85. The van der Waals surface area contributed by atoms with Gasteiger partial charge >= 0.3 is 0 Å². The fourth-order valence-electron chi connectivity index (χ4n) is 0.871. The highest BCUT2D eigenvalue weighted by atomic mass is 16.1. The average Bonchev–Trinajstić information content (AvgIpc) is 1.85. The summed E-state index contributed by atoms with van der Waals surface area (Å²) in [5.41, 5.74) is -0.347. The van der Waals surface area contributed by atoms with Crippen LogP contribution >= 0.6 is 0 Å². The van der Waals surface area contributed by atoms with Gasteiger partial charge in [-0.1, -0.05) is 13.8 Å². The van der Waals surface area contributed by atoms with Crippen LogP contribution in [0.25, 0.3) is 0 Å². The zero-order valence-electron chi connectivity index (χ0n) is 7.49. The summed E-state index contributed by atoms with van der Waals surface area (Å²) in [5.74, 6) is 0.542. The van der Waals surface area contributed by atoms with Crippen LogP contribution in [-0.4, -0.2) is 18.4 Å². The summed E-state index contributed by atoms with van der Waals surface area (Å²) in [6.45, 7) is 7.63. The maximum absolute atomic E-state index is 11.1. The molecular formula is C8H17NO. The topological polar surface area (TPSA) is 29.1 Å². The van der Waals surface area contributed by atoms with E-state index in [4.69, 9.17) is 0 Å². The molecule has 0 saturated heterocycles. The molecule has 0 amide bonds. The number of rotatable bonds is 3. The van der Waals surface area contributed by atoms with Crippen LogP contribution in [0.15, 0.2) is 0 Å². The summed E-state index contributed by atoms with van der Waals surface area (Å²) in [5, 5.41) is 3.03. The Morgan fingerprint density at radius 2 is 1.90 bits per heavy atom. The number of carbonyl (C=O) groups is 1. The van der Waals surface area contributed by atoms with E-state index in [1.165, 1.54) is 0 Å². The van der Waals surface area contributed by atoms with Gasteiger partial charge in [-0.2, -0.15) is 0 Å².